The van der Waals surface area contributed by atoms with Crippen LogP contribution in [0.4, 0.5) is 5.69 Å². The van der Waals surface area contributed by atoms with Crippen molar-refractivity contribution in [2.24, 2.45) is 0 Å². The molecule has 1 fully saturated rings. The maximum atomic E-state index is 11.9. The first-order valence-corrected chi connectivity index (χ1v) is 9.64. The molecule has 150 valence electrons. The van der Waals surface area contributed by atoms with Crippen LogP contribution >= 0.6 is 0 Å². The van der Waals surface area contributed by atoms with Gasteiger partial charge in [0.05, 0.1) is 17.7 Å². The van der Waals surface area contributed by atoms with Crippen molar-refractivity contribution in [2.45, 2.75) is 19.1 Å². The van der Waals surface area contributed by atoms with Crippen molar-refractivity contribution < 1.29 is 14.5 Å². The summed E-state index contributed by atoms with van der Waals surface area (Å²) in [6.45, 7) is 3.59. The number of carbonyl (C=O) groups is 2. The Morgan fingerprint density at radius 2 is 1.72 bits per heavy atom. The number of fused-ring (bicyclic) bond motifs is 1. The van der Waals surface area contributed by atoms with Gasteiger partial charge in [0.25, 0.3) is 17.9 Å². The third-order valence-electron chi connectivity index (χ3n) is 5.52. The second-order valence-corrected chi connectivity index (χ2v) is 7.43. The highest BCUT2D eigenvalue weighted by atomic mass is 16.6. The monoisotopic (exact) mass is 394 g/mol. The first kappa shape index (κ1) is 19.2. The minimum absolute atomic E-state index is 0.195. The van der Waals surface area contributed by atoms with Crippen LogP contribution in [-0.4, -0.2) is 58.8 Å². The van der Waals surface area contributed by atoms with Crippen molar-refractivity contribution in [3.05, 3.63) is 75.3 Å². The van der Waals surface area contributed by atoms with E-state index in [1.807, 2.05) is 23.1 Å². The summed E-state index contributed by atoms with van der Waals surface area (Å²) in [5, 5.41) is 14.2. The van der Waals surface area contributed by atoms with Gasteiger partial charge in [0.15, 0.2) is 0 Å². The van der Waals surface area contributed by atoms with Crippen LogP contribution in [0, 0.1) is 10.1 Å². The number of ketones is 1. The lowest BCUT2D eigenvalue weighted by Crippen LogP contribution is -2.53. The highest BCUT2D eigenvalue weighted by molar-refractivity contribution is 6.51. The summed E-state index contributed by atoms with van der Waals surface area (Å²) >= 11 is 0. The number of Topliss-reactive ketones (excluding diaryl/α,β-unsaturated/α-hetero) is 1. The summed E-state index contributed by atoms with van der Waals surface area (Å²) in [5.41, 5.74) is 2.68. The van der Waals surface area contributed by atoms with Crippen LogP contribution in [0.3, 0.4) is 0 Å². The number of amides is 1. The number of nitrogens with zero attached hydrogens (tertiary/aromatic N) is 3. The van der Waals surface area contributed by atoms with E-state index in [4.69, 9.17) is 0 Å². The zero-order valence-electron chi connectivity index (χ0n) is 15.9. The van der Waals surface area contributed by atoms with Crippen molar-refractivity contribution in [2.75, 3.05) is 31.5 Å². The Balaban J connectivity index is 1.40. The van der Waals surface area contributed by atoms with Crippen LogP contribution in [0.2, 0.25) is 0 Å². The maximum Gasteiger partial charge on any atom is 0.296 e. The minimum atomic E-state index is -0.855. The fourth-order valence-corrected chi connectivity index (χ4v) is 3.93. The number of rotatable bonds is 6. The van der Waals surface area contributed by atoms with Gasteiger partial charge in [0.2, 0.25) is 0 Å². The molecule has 1 unspecified atom stereocenters. The normalized spacial score (nSPS) is 18.3. The topological polar surface area (TPSA) is 95.8 Å². The van der Waals surface area contributed by atoms with Crippen LogP contribution in [0.5, 0.6) is 0 Å². The van der Waals surface area contributed by atoms with E-state index in [1.165, 1.54) is 5.56 Å². The molecule has 4 rings (SSSR count). The number of carbonyl (C=O) groups excluding carboxylic acids is 2. The van der Waals surface area contributed by atoms with Crippen LogP contribution in [0.15, 0.2) is 48.5 Å². The van der Waals surface area contributed by atoms with Gasteiger partial charge in [0, 0.05) is 37.6 Å². The van der Waals surface area contributed by atoms with Crippen molar-refractivity contribution >= 4 is 17.4 Å². The van der Waals surface area contributed by atoms with Gasteiger partial charge in [-0.25, -0.2) is 4.90 Å². The Labute approximate surface area is 168 Å². The molecule has 2 aliphatic rings. The second kappa shape index (κ2) is 8.10. The third-order valence-corrected chi connectivity index (χ3v) is 5.52. The highest BCUT2D eigenvalue weighted by Gasteiger charge is 2.33. The molecule has 0 aromatic heterocycles. The van der Waals surface area contributed by atoms with E-state index in [9.17, 15) is 19.7 Å². The van der Waals surface area contributed by atoms with Gasteiger partial charge in [-0.3, -0.25) is 24.6 Å². The van der Waals surface area contributed by atoms with E-state index in [-0.39, 0.29) is 11.3 Å². The van der Waals surface area contributed by atoms with E-state index in [1.54, 1.807) is 18.2 Å². The first-order valence-electron chi connectivity index (χ1n) is 9.64. The molecule has 8 heteroatoms. The first-order chi connectivity index (χ1) is 14.0. The van der Waals surface area contributed by atoms with E-state index >= 15 is 0 Å². The van der Waals surface area contributed by atoms with Crippen LogP contribution in [0.25, 0.3) is 0 Å². The number of nitrogens with one attached hydrogen (secondary N) is 1. The van der Waals surface area contributed by atoms with Crippen molar-refractivity contribution in [3.63, 3.8) is 0 Å². The lowest BCUT2D eigenvalue weighted by atomic mass is 10.0. The molecule has 2 aliphatic heterocycles. The molecule has 8 nitrogen and oxygen atoms in total. The quantitative estimate of drug-likeness (QED) is 0.456. The van der Waals surface area contributed by atoms with Crippen molar-refractivity contribution in [1.29, 1.82) is 0 Å². The number of nitro groups is 1. The Morgan fingerprint density at radius 3 is 2.41 bits per heavy atom. The number of benzene rings is 2. The molecule has 2 aromatic carbocycles. The smallest absolute Gasteiger partial charge is 0.296 e. The molecule has 1 saturated heterocycles. The predicted molar refractivity (Wildman–Crippen MR) is 107 cm³/mol. The molecule has 0 bridgehead atoms. The molecule has 0 spiro atoms. The van der Waals surface area contributed by atoms with Gasteiger partial charge >= 0.3 is 0 Å². The fraction of sp³-hybridized carbons (Fsp3) is 0.333. The average molecular weight is 394 g/mol. The second-order valence-electron chi connectivity index (χ2n) is 7.43. The molecule has 2 aromatic rings. The fourth-order valence-electron chi connectivity index (χ4n) is 3.93. The summed E-state index contributed by atoms with van der Waals surface area (Å²) in [4.78, 5) is 39.1. The van der Waals surface area contributed by atoms with E-state index < -0.39 is 17.9 Å². The molecular weight excluding hydrogens is 372 g/mol. The van der Waals surface area contributed by atoms with Gasteiger partial charge in [-0.1, -0.05) is 36.4 Å². The average Bonchev–Trinajstić information content (AvgIpc) is 3.01. The van der Waals surface area contributed by atoms with Gasteiger partial charge in [-0.05, 0) is 23.3 Å². The molecule has 1 N–H and O–H groups in total. The van der Waals surface area contributed by atoms with E-state index in [2.05, 4.69) is 22.3 Å². The summed E-state index contributed by atoms with van der Waals surface area (Å²) in [6.07, 6.45) is -0.660. The molecule has 0 aliphatic carbocycles. The molecule has 1 atom stereocenters. The lowest BCUT2D eigenvalue weighted by Gasteiger charge is -2.35. The zero-order valence-corrected chi connectivity index (χ0v) is 15.9. The van der Waals surface area contributed by atoms with Crippen LogP contribution in [-0.2, 0) is 17.8 Å². The summed E-state index contributed by atoms with van der Waals surface area (Å²) in [6, 6.07) is 15.2. The van der Waals surface area contributed by atoms with Gasteiger partial charge in [-0.2, -0.15) is 0 Å². The van der Waals surface area contributed by atoms with E-state index in [0.717, 1.165) is 19.6 Å². The molecular formula is C21H22N4O4. The van der Waals surface area contributed by atoms with Crippen molar-refractivity contribution in [3.8, 4) is 0 Å². The zero-order chi connectivity index (χ0) is 20.4. The molecule has 1 amide bonds. The summed E-state index contributed by atoms with van der Waals surface area (Å²) in [5.74, 6) is -1.24. The number of hydrogen-bond donors (Lipinski definition) is 1. The van der Waals surface area contributed by atoms with E-state index in [0.29, 0.717) is 29.9 Å². The van der Waals surface area contributed by atoms with Crippen LogP contribution < -0.4 is 5.32 Å². The molecule has 2 heterocycles. The number of anilines is 1. The van der Waals surface area contributed by atoms with Gasteiger partial charge in [0.1, 0.15) is 0 Å². The maximum absolute atomic E-state index is 11.9. The minimum Gasteiger partial charge on any atom is -0.318 e. The van der Waals surface area contributed by atoms with Crippen LogP contribution in [0.1, 0.15) is 21.5 Å². The standard InChI is InChI=1S/C21H22N4O4/c26-20-17-12-16(6-7-18(17)22-21(20)27)13-19(25(28)29)24-10-8-23(9-11-24)14-15-4-2-1-3-5-15/h1-7,12,19H,8-11,13-14H2,(H,22,26,27). The SMILES string of the molecule is O=C1Nc2ccc(CC(N3CCN(Cc4ccccc4)CC3)[N+](=O)[O-])cc2C1=O. The largest absolute Gasteiger partial charge is 0.318 e. The Morgan fingerprint density at radius 1 is 1.00 bits per heavy atom. The molecule has 0 saturated carbocycles. The molecule has 29 heavy (non-hydrogen) atoms. The van der Waals surface area contributed by atoms with Crippen molar-refractivity contribution in [1.82, 2.24) is 9.80 Å². The van der Waals surface area contributed by atoms with Gasteiger partial charge < -0.3 is 5.32 Å². The lowest BCUT2D eigenvalue weighted by molar-refractivity contribution is -0.551. The summed E-state index contributed by atoms with van der Waals surface area (Å²) in [7, 11) is 0. The Hall–Kier alpha value is -3.10. The number of hydrogen-bond acceptors (Lipinski definition) is 6. The predicted octanol–water partition coefficient (Wildman–Crippen LogP) is 1.78. The van der Waals surface area contributed by atoms with Gasteiger partial charge in [-0.15, -0.1) is 0 Å². The molecule has 0 radical (unpaired) electrons. The summed E-state index contributed by atoms with van der Waals surface area (Å²) < 4.78 is 0. The number of piperazine rings is 1. The Bertz CT molecular complexity index is 939. The Kier molecular flexibility index (Phi) is 5.37. The third kappa shape index (κ3) is 4.18. The highest BCUT2D eigenvalue weighted by Crippen LogP contribution is 2.25.